The van der Waals surface area contributed by atoms with Gasteiger partial charge in [-0.2, -0.15) is 0 Å². The molecule has 0 radical (unpaired) electrons. The van der Waals surface area contributed by atoms with Crippen molar-refractivity contribution < 1.29 is 14.6 Å². The van der Waals surface area contributed by atoms with Crippen molar-refractivity contribution in [3.63, 3.8) is 0 Å². The molecule has 5 heteroatoms. The molecule has 1 aliphatic rings. The molecule has 0 aromatic carbocycles. The van der Waals surface area contributed by atoms with Gasteiger partial charge in [-0.15, -0.1) is 0 Å². The summed E-state index contributed by atoms with van der Waals surface area (Å²) in [6.07, 6.45) is 2.96. The zero-order valence-electron chi connectivity index (χ0n) is 8.01. The number of hydrogen-bond acceptors (Lipinski definition) is 2. The minimum Gasteiger partial charge on any atom is -0.478 e. The van der Waals surface area contributed by atoms with Crippen LogP contribution in [-0.4, -0.2) is 39.7 Å². The fourth-order valence-electron chi connectivity index (χ4n) is 1.78. The van der Waals surface area contributed by atoms with Gasteiger partial charge < -0.3 is 9.84 Å². The molecule has 72 valence electrons. The molecule has 0 saturated carbocycles. The van der Waals surface area contributed by atoms with Gasteiger partial charge in [-0.1, -0.05) is 6.58 Å². The lowest BCUT2D eigenvalue weighted by Gasteiger charge is -2.36. The predicted octanol–water partition coefficient (Wildman–Crippen LogP) is -0.759. The molecule has 0 aromatic rings. The van der Waals surface area contributed by atoms with Crippen molar-refractivity contribution in [1.82, 2.24) is 0 Å². The van der Waals surface area contributed by atoms with Crippen molar-refractivity contribution in [2.24, 2.45) is 0 Å². The van der Waals surface area contributed by atoms with Crippen molar-refractivity contribution >= 4 is 22.8 Å². The molecule has 0 aliphatic carbocycles. The summed E-state index contributed by atoms with van der Waals surface area (Å²) in [6, 6.07) is 0. The summed E-state index contributed by atoms with van der Waals surface area (Å²) in [4.78, 5) is 10.8. The molecule has 1 heterocycles. The number of carboxylic acid groups (broad SMARTS) is 1. The molecule has 1 saturated heterocycles. The van der Waals surface area contributed by atoms with Gasteiger partial charge >= 0.3 is 5.97 Å². The molecule has 1 N–H and O–H groups in total. The molecule has 1 unspecified atom stereocenters. The van der Waals surface area contributed by atoms with Crippen LogP contribution in [0.1, 0.15) is 19.3 Å². The van der Waals surface area contributed by atoms with Crippen LogP contribution in [0.3, 0.4) is 0 Å². The fourth-order valence-corrected chi connectivity index (χ4v) is 3.31. The third kappa shape index (κ3) is 2.03. The summed E-state index contributed by atoms with van der Waals surface area (Å²) >= 11 is 0. The van der Waals surface area contributed by atoms with E-state index in [2.05, 4.69) is 14.0 Å². The Morgan fingerprint density at radius 1 is 1.62 bits per heavy atom. The van der Waals surface area contributed by atoms with Gasteiger partial charge in [0.2, 0.25) is 0 Å². The lowest BCUT2D eigenvalue weighted by molar-refractivity contribution is -0.135. The Labute approximate surface area is 81.3 Å². The van der Waals surface area contributed by atoms with E-state index >= 15 is 0 Å². The number of carbonyl (C=O) groups is 1. The molecule has 1 fully saturated rings. The molecule has 0 amide bonds. The van der Waals surface area contributed by atoms with E-state index in [0.717, 1.165) is 19.3 Å². The van der Waals surface area contributed by atoms with E-state index < -0.39 is 20.6 Å². The molecule has 0 aromatic heterocycles. The van der Waals surface area contributed by atoms with E-state index in [-0.39, 0.29) is 5.57 Å². The first-order chi connectivity index (χ1) is 6.12. The van der Waals surface area contributed by atoms with Crippen LogP contribution in [0.5, 0.6) is 0 Å². The highest BCUT2D eigenvalue weighted by molar-refractivity contribution is 6.91. The standard InChI is InChI=1S/C8H15BO3Si/c1-6(7(10)11)8(13-9)4-2-3-5-12-8/h1-5,9,13H2,(H,10,11). The van der Waals surface area contributed by atoms with E-state index in [1.807, 2.05) is 0 Å². The zero-order valence-corrected chi connectivity index (χ0v) is 9.42. The zero-order chi connectivity index (χ0) is 9.90. The highest BCUT2D eigenvalue weighted by Gasteiger charge is 2.37. The molecule has 3 nitrogen and oxygen atoms in total. The monoisotopic (exact) mass is 198 g/mol. The van der Waals surface area contributed by atoms with Gasteiger partial charge in [-0.3, -0.25) is 0 Å². The van der Waals surface area contributed by atoms with Crippen molar-refractivity contribution in [3.05, 3.63) is 12.2 Å². The highest BCUT2D eigenvalue weighted by atomic mass is 28.2. The Morgan fingerprint density at radius 2 is 2.31 bits per heavy atom. The Kier molecular flexibility index (Phi) is 3.33. The molecule has 1 atom stereocenters. The minimum atomic E-state index is -0.906. The summed E-state index contributed by atoms with van der Waals surface area (Å²) in [5.41, 5.74) is 0.265. The van der Waals surface area contributed by atoms with E-state index in [1.54, 1.807) is 0 Å². The van der Waals surface area contributed by atoms with Gasteiger partial charge in [0.15, 0.2) is 0 Å². The maximum atomic E-state index is 10.8. The summed E-state index contributed by atoms with van der Waals surface area (Å²) < 4.78 is 5.62. The van der Waals surface area contributed by atoms with E-state index in [9.17, 15) is 4.79 Å². The highest BCUT2D eigenvalue weighted by Crippen LogP contribution is 2.29. The quantitative estimate of drug-likeness (QED) is 0.479. The number of aliphatic carboxylic acids is 1. The number of ether oxygens (including phenoxy) is 1. The molecular weight excluding hydrogens is 183 g/mol. The van der Waals surface area contributed by atoms with Gasteiger partial charge in [0, 0.05) is 16.0 Å². The smallest absolute Gasteiger partial charge is 0.333 e. The van der Waals surface area contributed by atoms with Gasteiger partial charge in [-0.05, 0) is 19.3 Å². The lowest BCUT2D eigenvalue weighted by Crippen LogP contribution is -2.46. The SMILES string of the molecule is B[SiH2]C1(C(=C)C(=O)O)CCCCO1. The molecule has 1 aliphatic heterocycles. The van der Waals surface area contributed by atoms with Crippen molar-refractivity contribution in [2.75, 3.05) is 6.61 Å². The normalized spacial score (nSPS) is 29.2. The van der Waals surface area contributed by atoms with E-state index in [0.29, 0.717) is 6.61 Å². The van der Waals surface area contributed by atoms with Crippen LogP contribution in [0.4, 0.5) is 0 Å². The Balaban J connectivity index is 2.78. The Bertz CT molecular complexity index is 223. The second-order valence-corrected chi connectivity index (χ2v) is 5.29. The largest absolute Gasteiger partial charge is 0.478 e. The Morgan fingerprint density at radius 3 is 2.69 bits per heavy atom. The first kappa shape index (κ1) is 10.5. The van der Waals surface area contributed by atoms with Crippen molar-refractivity contribution in [1.29, 1.82) is 0 Å². The third-order valence-electron chi connectivity index (χ3n) is 2.73. The summed E-state index contributed by atoms with van der Waals surface area (Å²) in [5, 5.41) is 8.42. The lowest BCUT2D eigenvalue weighted by atomic mass is 10.0. The molecule has 13 heavy (non-hydrogen) atoms. The van der Waals surface area contributed by atoms with Gasteiger partial charge in [0.1, 0.15) is 0 Å². The van der Waals surface area contributed by atoms with Crippen LogP contribution in [-0.2, 0) is 9.53 Å². The predicted molar refractivity (Wildman–Crippen MR) is 56.4 cm³/mol. The average Bonchev–Trinajstić information content (AvgIpc) is 2.17. The molecular formula is C8H15BO3Si. The topological polar surface area (TPSA) is 46.5 Å². The van der Waals surface area contributed by atoms with Crippen molar-refractivity contribution in [3.8, 4) is 0 Å². The van der Waals surface area contributed by atoms with Crippen LogP contribution >= 0.6 is 0 Å². The first-order valence-corrected chi connectivity index (χ1v) is 6.81. The van der Waals surface area contributed by atoms with Crippen LogP contribution in [0.2, 0.25) is 0 Å². The van der Waals surface area contributed by atoms with Crippen molar-refractivity contribution in [2.45, 2.75) is 24.5 Å². The van der Waals surface area contributed by atoms with Crippen LogP contribution in [0, 0.1) is 0 Å². The number of hydrogen-bond donors (Lipinski definition) is 1. The number of rotatable bonds is 3. The number of carboxylic acids is 1. The molecule has 1 rings (SSSR count). The third-order valence-corrected chi connectivity index (χ3v) is 4.86. The molecule has 0 spiro atoms. The van der Waals surface area contributed by atoms with E-state index in [4.69, 9.17) is 9.84 Å². The molecule has 0 bridgehead atoms. The second kappa shape index (κ2) is 4.11. The Hall–Kier alpha value is -0.548. The fraction of sp³-hybridized carbons (Fsp3) is 0.625. The minimum absolute atomic E-state index is 0.265. The van der Waals surface area contributed by atoms with Gasteiger partial charge in [0.25, 0.3) is 0 Å². The van der Waals surface area contributed by atoms with E-state index in [1.165, 1.54) is 0 Å². The average molecular weight is 198 g/mol. The van der Waals surface area contributed by atoms with Gasteiger partial charge in [0.05, 0.1) is 18.2 Å². The second-order valence-electron chi connectivity index (χ2n) is 3.44. The van der Waals surface area contributed by atoms with Gasteiger partial charge in [-0.25, -0.2) is 4.79 Å². The first-order valence-electron chi connectivity index (χ1n) is 4.69. The van der Waals surface area contributed by atoms with Crippen LogP contribution in [0.25, 0.3) is 0 Å². The summed E-state index contributed by atoms with van der Waals surface area (Å²) in [6.45, 7) is 4.32. The van der Waals surface area contributed by atoms with Crippen LogP contribution < -0.4 is 0 Å². The van der Waals surface area contributed by atoms with Crippen LogP contribution in [0.15, 0.2) is 12.2 Å². The summed E-state index contributed by atoms with van der Waals surface area (Å²) in [5.74, 6) is -0.906. The summed E-state index contributed by atoms with van der Waals surface area (Å²) in [7, 11) is 1.55. The maximum absolute atomic E-state index is 10.8. The maximum Gasteiger partial charge on any atom is 0.333 e.